The summed E-state index contributed by atoms with van der Waals surface area (Å²) in [5.41, 5.74) is 6.93. The number of carbonyl (C=O) groups is 1. The number of hydrogen-bond acceptors (Lipinski definition) is 4. The van der Waals surface area contributed by atoms with Crippen molar-refractivity contribution in [1.82, 2.24) is 0 Å². The Morgan fingerprint density at radius 2 is 2.06 bits per heavy atom. The number of nitrogen functional groups attached to an aromatic ring is 1. The Kier molecular flexibility index (Phi) is 3.86. The molecule has 0 spiro atoms. The van der Waals surface area contributed by atoms with Crippen LogP contribution in [0.3, 0.4) is 0 Å². The van der Waals surface area contributed by atoms with Gasteiger partial charge in [-0.2, -0.15) is 0 Å². The van der Waals surface area contributed by atoms with Crippen LogP contribution in [0.1, 0.15) is 22.2 Å². The van der Waals surface area contributed by atoms with Crippen LogP contribution in [-0.4, -0.2) is 11.5 Å². The number of thiophene rings is 1. The van der Waals surface area contributed by atoms with Crippen LogP contribution >= 0.6 is 23.1 Å². The minimum Gasteiger partial charge on any atom is -0.398 e. The number of carbonyl (C=O) groups excluding carboxylic acids is 1. The molecule has 0 fully saturated rings. The van der Waals surface area contributed by atoms with Gasteiger partial charge in [-0.1, -0.05) is 19.1 Å². The summed E-state index contributed by atoms with van der Waals surface area (Å²) in [6.45, 7) is 2.10. The molecule has 4 heteroatoms. The summed E-state index contributed by atoms with van der Waals surface area (Å²) in [6, 6.07) is 11.0. The minimum absolute atomic E-state index is 0.0102. The van der Waals surface area contributed by atoms with Gasteiger partial charge in [-0.3, -0.25) is 4.79 Å². The predicted molar refractivity (Wildman–Crippen MR) is 75.0 cm³/mol. The molecule has 1 aromatic carbocycles. The monoisotopic (exact) mass is 263 g/mol. The van der Waals surface area contributed by atoms with Crippen molar-refractivity contribution >= 4 is 34.6 Å². The van der Waals surface area contributed by atoms with Crippen LogP contribution in [-0.2, 0) is 0 Å². The lowest BCUT2D eigenvalue weighted by Crippen LogP contribution is -2.02. The van der Waals surface area contributed by atoms with Crippen molar-refractivity contribution in [1.29, 1.82) is 0 Å². The van der Waals surface area contributed by atoms with Crippen molar-refractivity contribution in [3.05, 3.63) is 46.8 Å². The molecule has 0 saturated carbocycles. The standard InChI is InChI=1S/C13H13NOS2/c1-2-16-12-8-7-11(17-12)13(15)9-5-3-4-6-10(9)14/h3-8H,2,14H2,1H3. The van der Waals surface area contributed by atoms with Gasteiger partial charge in [0.15, 0.2) is 0 Å². The van der Waals surface area contributed by atoms with Crippen molar-refractivity contribution in [3.8, 4) is 0 Å². The highest BCUT2D eigenvalue weighted by atomic mass is 32.2. The van der Waals surface area contributed by atoms with E-state index in [0.29, 0.717) is 11.3 Å². The molecule has 1 aromatic heterocycles. The molecule has 17 heavy (non-hydrogen) atoms. The molecule has 0 atom stereocenters. The molecule has 0 radical (unpaired) electrons. The van der Waals surface area contributed by atoms with Gasteiger partial charge in [0.25, 0.3) is 0 Å². The van der Waals surface area contributed by atoms with E-state index in [-0.39, 0.29) is 5.78 Å². The van der Waals surface area contributed by atoms with E-state index in [1.54, 1.807) is 23.9 Å². The van der Waals surface area contributed by atoms with E-state index in [0.717, 1.165) is 10.6 Å². The van der Waals surface area contributed by atoms with Crippen molar-refractivity contribution in [2.75, 3.05) is 11.5 Å². The van der Waals surface area contributed by atoms with E-state index < -0.39 is 0 Å². The first-order valence-electron chi connectivity index (χ1n) is 5.34. The summed E-state index contributed by atoms with van der Waals surface area (Å²) in [5.74, 6) is 1.03. The van der Waals surface area contributed by atoms with Gasteiger partial charge in [-0.15, -0.1) is 23.1 Å². The molecule has 88 valence electrons. The van der Waals surface area contributed by atoms with Crippen molar-refractivity contribution in [3.63, 3.8) is 0 Å². The molecule has 0 saturated heterocycles. The van der Waals surface area contributed by atoms with Gasteiger partial charge < -0.3 is 5.73 Å². The van der Waals surface area contributed by atoms with E-state index in [1.807, 2.05) is 24.3 Å². The molecular weight excluding hydrogens is 250 g/mol. The van der Waals surface area contributed by atoms with E-state index in [9.17, 15) is 4.79 Å². The van der Waals surface area contributed by atoms with Crippen LogP contribution in [0.5, 0.6) is 0 Å². The van der Waals surface area contributed by atoms with E-state index in [4.69, 9.17) is 5.73 Å². The fourth-order valence-corrected chi connectivity index (χ4v) is 3.50. The van der Waals surface area contributed by atoms with Gasteiger partial charge in [0.1, 0.15) is 0 Å². The number of benzene rings is 1. The number of thioether (sulfide) groups is 1. The molecule has 2 rings (SSSR count). The Bertz CT molecular complexity index is 534. The largest absolute Gasteiger partial charge is 0.398 e. The summed E-state index contributed by atoms with van der Waals surface area (Å²) in [5, 5.41) is 0. The SMILES string of the molecule is CCSc1ccc(C(=O)c2ccccc2N)s1. The average molecular weight is 263 g/mol. The quantitative estimate of drug-likeness (QED) is 0.520. The second-order valence-electron chi connectivity index (χ2n) is 3.47. The molecule has 2 N–H and O–H groups in total. The van der Waals surface area contributed by atoms with Crippen molar-refractivity contribution in [2.45, 2.75) is 11.1 Å². The molecule has 0 aliphatic carbocycles. The van der Waals surface area contributed by atoms with Crippen molar-refractivity contribution < 1.29 is 4.79 Å². The maximum Gasteiger partial charge on any atom is 0.205 e. The molecule has 0 bridgehead atoms. The molecule has 1 heterocycles. The Balaban J connectivity index is 2.28. The third kappa shape index (κ3) is 2.70. The Morgan fingerprint density at radius 3 is 2.76 bits per heavy atom. The lowest BCUT2D eigenvalue weighted by molar-refractivity contribution is 0.104. The Labute approximate surface area is 109 Å². The van der Waals surface area contributed by atoms with Crippen LogP contribution in [0.2, 0.25) is 0 Å². The molecular formula is C13H13NOS2. The van der Waals surface area contributed by atoms with Gasteiger partial charge >= 0.3 is 0 Å². The molecule has 0 unspecified atom stereocenters. The first kappa shape index (κ1) is 12.2. The van der Waals surface area contributed by atoms with Crippen LogP contribution in [0.4, 0.5) is 5.69 Å². The first-order valence-corrected chi connectivity index (χ1v) is 7.14. The van der Waals surface area contributed by atoms with Crippen molar-refractivity contribution in [2.24, 2.45) is 0 Å². The Morgan fingerprint density at radius 1 is 1.29 bits per heavy atom. The normalized spacial score (nSPS) is 10.4. The maximum absolute atomic E-state index is 12.2. The molecule has 0 aliphatic heterocycles. The number of para-hydroxylation sites is 1. The van der Waals surface area contributed by atoms with E-state index >= 15 is 0 Å². The lowest BCUT2D eigenvalue weighted by Gasteiger charge is -2.01. The smallest absolute Gasteiger partial charge is 0.205 e. The molecule has 2 aromatic rings. The number of nitrogens with two attached hydrogens (primary N) is 1. The fourth-order valence-electron chi connectivity index (χ4n) is 1.50. The predicted octanol–water partition coefficient (Wildman–Crippen LogP) is 3.67. The third-order valence-corrected chi connectivity index (χ3v) is 4.49. The van der Waals surface area contributed by atoms with Gasteiger partial charge in [0, 0.05) is 11.3 Å². The van der Waals surface area contributed by atoms with Gasteiger partial charge in [-0.25, -0.2) is 0 Å². The lowest BCUT2D eigenvalue weighted by atomic mass is 10.1. The Hall–Kier alpha value is -1.26. The summed E-state index contributed by atoms with van der Waals surface area (Å²) in [7, 11) is 0. The summed E-state index contributed by atoms with van der Waals surface area (Å²) >= 11 is 3.27. The number of rotatable bonds is 4. The fraction of sp³-hybridized carbons (Fsp3) is 0.154. The maximum atomic E-state index is 12.2. The van der Waals surface area contributed by atoms with Gasteiger partial charge in [0.2, 0.25) is 5.78 Å². The zero-order valence-corrected chi connectivity index (χ0v) is 11.1. The van der Waals surface area contributed by atoms with E-state index in [1.165, 1.54) is 15.5 Å². The van der Waals surface area contributed by atoms with Gasteiger partial charge in [-0.05, 0) is 30.0 Å². The molecule has 2 nitrogen and oxygen atoms in total. The van der Waals surface area contributed by atoms with Crippen LogP contribution in [0.25, 0.3) is 0 Å². The molecule has 0 amide bonds. The highest BCUT2D eigenvalue weighted by molar-refractivity contribution is 8.01. The number of ketones is 1. The summed E-state index contributed by atoms with van der Waals surface area (Å²) < 4.78 is 1.17. The topological polar surface area (TPSA) is 43.1 Å². The molecule has 0 aliphatic rings. The average Bonchev–Trinajstić information content (AvgIpc) is 2.78. The van der Waals surface area contributed by atoms with Gasteiger partial charge in [0.05, 0.1) is 9.09 Å². The highest BCUT2D eigenvalue weighted by Crippen LogP contribution is 2.29. The van der Waals surface area contributed by atoms with Crippen LogP contribution in [0, 0.1) is 0 Å². The second kappa shape index (κ2) is 5.38. The second-order valence-corrected chi connectivity index (χ2v) is 6.12. The first-order chi connectivity index (χ1) is 8.22. The van der Waals surface area contributed by atoms with E-state index in [2.05, 4.69) is 6.92 Å². The number of hydrogen-bond donors (Lipinski definition) is 1. The zero-order valence-electron chi connectivity index (χ0n) is 9.47. The minimum atomic E-state index is 0.0102. The zero-order chi connectivity index (χ0) is 12.3. The van der Waals surface area contributed by atoms with Crippen LogP contribution in [0.15, 0.2) is 40.6 Å². The highest BCUT2D eigenvalue weighted by Gasteiger charge is 2.14. The summed E-state index contributed by atoms with van der Waals surface area (Å²) in [4.78, 5) is 13.0. The number of anilines is 1. The van der Waals surface area contributed by atoms with Crippen LogP contribution < -0.4 is 5.73 Å². The third-order valence-electron chi connectivity index (χ3n) is 2.30. The summed E-state index contributed by atoms with van der Waals surface area (Å²) in [6.07, 6.45) is 0.